The Hall–Kier alpha value is -2.87. The van der Waals surface area contributed by atoms with E-state index in [1.807, 2.05) is 6.92 Å². The number of esters is 1. The highest BCUT2D eigenvalue weighted by Gasteiger charge is 2.50. The summed E-state index contributed by atoms with van der Waals surface area (Å²) in [5.41, 5.74) is 0.247. The van der Waals surface area contributed by atoms with E-state index in [1.54, 1.807) is 32.0 Å². The van der Waals surface area contributed by atoms with Crippen molar-refractivity contribution in [2.24, 2.45) is 0 Å². The monoisotopic (exact) mass is 472 g/mol. The maximum absolute atomic E-state index is 13.8. The molecule has 2 aromatic rings. The number of rotatable bonds is 5. The number of aromatic nitrogens is 2. The molecule has 1 aliphatic carbocycles. The number of anilines is 1. The summed E-state index contributed by atoms with van der Waals surface area (Å²) in [6.07, 6.45) is 5.16. The second-order valence-electron chi connectivity index (χ2n) is 8.90. The zero-order chi connectivity index (χ0) is 23.8. The fourth-order valence-corrected chi connectivity index (χ4v) is 4.86. The van der Waals surface area contributed by atoms with Crippen molar-refractivity contribution in [1.82, 2.24) is 15.1 Å². The van der Waals surface area contributed by atoms with Crippen molar-refractivity contribution in [1.29, 1.82) is 0 Å². The summed E-state index contributed by atoms with van der Waals surface area (Å²) >= 11 is 6.37. The number of nitrogens with one attached hydrogen (secondary N) is 1. The molecule has 1 saturated carbocycles. The number of carbonyl (C=O) groups is 3. The van der Waals surface area contributed by atoms with Crippen LogP contribution in [-0.2, 0) is 16.1 Å². The van der Waals surface area contributed by atoms with Gasteiger partial charge >= 0.3 is 5.97 Å². The van der Waals surface area contributed by atoms with Gasteiger partial charge in [0.15, 0.2) is 5.69 Å². The molecule has 0 spiro atoms. The van der Waals surface area contributed by atoms with Crippen LogP contribution in [0.3, 0.4) is 0 Å². The third kappa shape index (κ3) is 4.24. The van der Waals surface area contributed by atoms with Crippen molar-refractivity contribution >= 4 is 35.1 Å². The number of nitrogens with zero attached hydrogens (tertiary/aromatic N) is 3. The number of ether oxygens (including phenoxy) is 1. The zero-order valence-electron chi connectivity index (χ0n) is 19.2. The molecule has 1 N–H and O–H groups in total. The summed E-state index contributed by atoms with van der Waals surface area (Å²) in [7, 11) is 0. The van der Waals surface area contributed by atoms with Gasteiger partial charge in [0.25, 0.3) is 5.91 Å². The molecule has 0 bridgehead atoms. The van der Waals surface area contributed by atoms with Gasteiger partial charge in [-0.3, -0.25) is 19.2 Å². The van der Waals surface area contributed by atoms with E-state index in [2.05, 4.69) is 10.4 Å². The quantitative estimate of drug-likeness (QED) is 0.666. The summed E-state index contributed by atoms with van der Waals surface area (Å²) in [4.78, 5) is 41.2. The minimum absolute atomic E-state index is 0.0416. The van der Waals surface area contributed by atoms with Gasteiger partial charge in [0.05, 0.1) is 13.2 Å². The highest BCUT2D eigenvalue weighted by molar-refractivity contribution is 6.32. The number of fused-ring (bicyclic) bond motifs is 1. The Morgan fingerprint density at radius 2 is 2.00 bits per heavy atom. The Labute approximate surface area is 198 Å². The first-order valence-electron chi connectivity index (χ1n) is 11.4. The first-order valence-corrected chi connectivity index (χ1v) is 11.8. The van der Waals surface area contributed by atoms with Crippen LogP contribution in [-0.4, -0.2) is 45.8 Å². The fourth-order valence-electron chi connectivity index (χ4n) is 4.69. The number of benzene rings is 1. The second-order valence-corrected chi connectivity index (χ2v) is 9.31. The third-order valence-corrected chi connectivity index (χ3v) is 6.96. The molecule has 1 atom stereocenters. The Balaban J connectivity index is 1.78. The minimum atomic E-state index is -1.27. The number of amides is 2. The molecule has 1 aliphatic heterocycles. The molecule has 0 unspecified atom stereocenters. The van der Waals surface area contributed by atoms with Crippen LogP contribution in [0.1, 0.15) is 72.5 Å². The number of carbonyl (C=O) groups excluding carboxylic acids is 3. The molecule has 8 nitrogen and oxygen atoms in total. The van der Waals surface area contributed by atoms with Gasteiger partial charge in [-0.1, -0.05) is 36.9 Å². The van der Waals surface area contributed by atoms with Crippen molar-refractivity contribution in [3.63, 3.8) is 0 Å². The van der Waals surface area contributed by atoms with E-state index in [4.69, 9.17) is 16.3 Å². The van der Waals surface area contributed by atoms with Crippen molar-refractivity contribution in [3.8, 4) is 0 Å². The Morgan fingerprint density at radius 3 is 2.70 bits per heavy atom. The van der Waals surface area contributed by atoms with Crippen LogP contribution >= 0.6 is 11.6 Å². The van der Waals surface area contributed by atoms with Gasteiger partial charge in [0, 0.05) is 22.8 Å². The van der Waals surface area contributed by atoms with Crippen LogP contribution in [0.5, 0.6) is 0 Å². The standard InChI is InChI=1S/C24H29ClN4O4/c1-4-33-22(31)18-13-20-21(30)29(19-12-8-11-17(25)15(19)2)24(3,14-28(20)27-18)23(32)26-16-9-6-5-7-10-16/h8,11-13,16H,4-7,9-10,14H2,1-3H3,(H,26,32)/t24-/m1/s1. The predicted octanol–water partition coefficient (Wildman–Crippen LogP) is 3.89. The molecule has 9 heteroatoms. The van der Waals surface area contributed by atoms with Crippen molar-refractivity contribution in [2.45, 2.75) is 71.0 Å². The van der Waals surface area contributed by atoms with Gasteiger partial charge < -0.3 is 10.1 Å². The van der Waals surface area contributed by atoms with Gasteiger partial charge in [-0.05, 0) is 51.3 Å². The van der Waals surface area contributed by atoms with Crippen LogP contribution in [0.2, 0.25) is 5.02 Å². The summed E-state index contributed by atoms with van der Waals surface area (Å²) in [5.74, 6) is -1.28. The van der Waals surface area contributed by atoms with Crippen LogP contribution in [0.4, 0.5) is 5.69 Å². The lowest BCUT2D eigenvalue weighted by molar-refractivity contribution is -0.127. The number of halogens is 1. The van der Waals surface area contributed by atoms with Gasteiger partial charge in [-0.2, -0.15) is 5.10 Å². The molecule has 176 valence electrons. The molecular weight excluding hydrogens is 444 g/mol. The van der Waals surface area contributed by atoms with Gasteiger partial charge in [-0.15, -0.1) is 0 Å². The second kappa shape index (κ2) is 9.17. The van der Waals surface area contributed by atoms with E-state index in [0.717, 1.165) is 25.7 Å². The first-order chi connectivity index (χ1) is 15.8. The van der Waals surface area contributed by atoms with Crippen molar-refractivity contribution in [3.05, 3.63) is 46.2 Å². The molecular formula is C24H29ClN4O4. The lowest BCUT2D eigenvalue weighted by Crippen LogP contribution is -2.65. The smallest absolute Gasteiger partial charge is 0.358 e. The van der Waals surface area contributed by atoms with E-state index in [-0.39, 0.29) is 36.5 Å². The van der Waals surface area contributed by atoms with Crippen LogP contribution in [0.25, 0.3) is 0 Å². The lowest BCUT2D eigenvalue weighted by Gasteiger charge is -2.44. The van der Waals surface area contributed by atoms with E-state index < -0.39 is 17.4 Å². The highest BCUT2D eigenvalue weighted by atomic mass is 35.5. The van der Waals surface area contributed by atoms with Gasteiger partial charge in [-0.25, -0.2) is 4.79 Å². The molecule has 2 heterocycles. The van der Waals surface area contributed by atoms with Crippen LogP contribution in [0, 0.1) is 6.92 Å². The zero-order valence-corrected chi connectivity index (χ0v) is 19.9. The molecule has 1 aromatic heterocycles. The molecule has 4 rings (SSSR count). The molecule has 0 saturated heterocycles. The Bertz CT molecular complexity index is 1090. The first kappa shape index (κ1) is 23.3. The summed E-state index contributed by atoms with van der Waals surface area (Å²) < 4.78 is 6.49. The molecule has 2 aliphatic rings. The predicted molar refractivity (Wildman–Crippen MR) is 125 cm³/mol. The fraction of sp³-hybridized carbons (Fsp3) is 0.500. The summed E-state index contributed by atoms with van der Waals surface area (Å²) in [6, 6.07) is 6.79. The maximum atomic E-state index is 13.8. The average molecular weight is 473 g/mol. The highest BCUT2D eigenvalue weighted by Crippen LogP contribution is 2.37. The van der Waals surface area contributed by atoms with Crippen LogP contribution in [0.15, 0.2) is 24.3 Å². The minimum Gasteiger partial charge on any atom is -0.461 e. The van der Waals surface area contributed by atoms with Crippen molar-refractivity contribution in [2.75, 3.05) is 11.5 Å². The number of hydrogen-bond acceptors (Lipinski definition) is 5. The van der Waals surface area contributed by atoms with E-state index >= 15 is 0 Å². The van der Waals surface area contributed by atoms with Crippen LogP contribution < -0.4 is 10.2 Å². The third-order valence-electron chi connectivity index (χ3n) is 6.55. The molecule has 0 radical (unpaired) electrons. The van der Waals surface area contributed by atoms with E-state index in [0.29, 0.717) is 16.3 Å². The largest absolute Gasteiger partial charge is 0.461 e. The average Bonchev–Trinajstić information content (AvgIpc) is 3.21. The molecule has 2 amide bonds. The maximum Gasteiger partial charge on any atom is 0.358 e. The topological polar surface area (TPSA) is 93.5 Å². The lowest BCUT2D eigenvalue weighted by atomic mass is 9.90. The van der Waals surface area contributed by atoms with Gasteiger partial charge in [0.1, 0.15) is 11.2 Å². The molecule has 1 fully saturated rings. The number of hydrogen-bond donors (Lipinski definition) is 1. The molecule has 1 aromatic carbocycles. The summed E-state index contributed by atoms with van der Waals surface area (Å²) in [5, 5.41) is 7.97. The Kier molecular flexibility index (Phi) is 6.47. The normalized spacial score (nSPS) is 21.0. The Morgan fingerprint density at radius 1 is 1.27 bits per heavy atom. The SMILES string of the molecule is CCOC(=O)c1cc2n(n1)C[C@](C)(C(=O)NC1CCCCC1)N(c1cccc(Cl)c1C)C2=O. The van der Waals surface area contributed by atoms with Gasteiger partial charge in [0.2, 0.25) is 5.91 Å². The summed E-state index contributed by atoms with van der Waals surface area (Å²) in [6.45, 7) is 5.55. The molecule has 33 heavy (non-hydrogen) atoms. The van der Waals surface area contributed by atoms with E-state index in [1.165, 1.54) is 22.1 Å². The van der Waals surface area contributed by atoms with Crippen molar-refractivity contribution < 1.29 is 19.1 Å². The van der Waals surface area contributed by atoms with E-state index in [9.17, 15) is 14.4 Å².